The third kappa shape index (κ3) is 66.0. The lowest BCUT2D eigenvalue weighted by molar-refractivity contribution is -0.167. The van der Waals surface area contributed by atoms with Gasteiger partial charge in [-0.2, -0.15) is 0 Å². The minimum absolute atomic E-state index is 0.0857. The Morgan fingerprint density at radius 1 is 0.259 bits per heavy atom. The SMILES string of the molecule is CC/C=C\C/C=C\C/C=C\C/C=C\C/C=C\C/C=C\C/C=C\CCCCCCCCCCCCCC(=O)OCC(COC(=O)CCCCCCCCC)OC(=O)CCCCCCCCC/C=C\C/C=C\C/C=C\C/C=C\C/C=C\CC. The van der Waals surface area contributed by atoms with E-state index in [9.17, 15) is 14.4 Å². The van der Waals surface area contributed by atoms with Crippen LogP contribution in [0.2, 0.25) is 0 Å². The highest BCUT2D eigenvalue weighted by atomic mass is 16.6. The van der Waals surface area contributed by atoms with Crippen LogP contribution in [0.25, 0.3) is 0 Å². The van der Waals surface area contributed by atoms with Crippen LogP contribution in [0.5, 0.6) is 0 Å². The van der Waals surface area contributed by atoms with Gasteiger partial charge in [0.1, 0.15) is 13.2 Å². The van der Waals surface area contributed by atoms with Crippen LogP contribution in [0.3, 0.4) is 0 Å². The van der Waals surface area contributed by atoms with E-state index in [0.29, 0.717) is 19.3 Å². The van der Waals surface area contributed by atoms with E-state index in [1.807, 2.05) is 0 Å². The van der Waals surface area contributed by atoms with Crippen molar-refractivity contribution in [1.29, 1.82) is 0 Å². The predicted molar refractivity (Wildman–Crippen MR) is 352 cm³/mol. The second-order valence-corrected chi connectivity index (χ2v) is 21.6. The van der Waals surface area contributed by atoms with Gasteiger partial charge in [-0.3, -0.25) is 14.4 Å². The lowest BCUT2D eigenvalue weighted by Crippen LogP contribution is -2.30. The Balaban J connectivity index is 4.15. The summed E-state index contributed by atoms with van der Waals surface area (Å²) >= 11 is 0. The fraction of sp³-hybridized carbons (Fsp3) is 0.640. The molecule has 0 spiro atoms. The van der Waals surface area contributed by atoms with Crippen molar-refractivity contribution in [2.24, 2.45) is 0 Å². The molecule has 0 saturated carbocycles. The number of esters is 3. The van der Waals surface area contributed by atoms with Crippen LogP contribution in [0.1, 0.15) is 290 Å². The highest BCUT2D eigenvalue weighted by Crippen LogP contribution is 2.16. The first-order valence-corrected chi connectivity index (χ1v) is 33.3. The van der Waals surface area contributed by atoms with Gasteiger partial charge in [0.15, 0.2) is 6.10 Å². The van der Waals surface area contributed by atoms with Crippen LogP contribution in [0.15, 0.2) is 146 Å². The molecule has 0 heterocycles. The van der Waals surface area contributed by atoms with Gasteiger partial charge in [0.25, 0.3) is 0 Å². The summed E-state index contributed by atoms with van der Waals surface area (Å²) in [4.78, 5) is 38.1. The molecule has 0 amide bonds. The lowest BCUT2D eigenvalue weighted by atomic mass is 10.0. The molecule has 81 heavy (non-hydrogen) atoms. The molecule has 0 aliphatic carbocycles. The Morgan fingerprint density at radius 3 is 0.753 bits per heavy atom. The second kappa shape index (κ2) is 67.8. The summed E-state index contributed by atoms with van der Waals surface area (Å²) in [6.45, 7) is 6.36. The van der Waals surface area contributed by atoms with Gasteiger partial charge in [-0.25, -0.2) is 0 Å². The number of carbonyl (C=O) groups is 3. The van der Waals surface area contributed by atoms with Crippen molar-refractivity contribution >= 4 is 17.9 Å². The molecule has 6 nitrogen and oxygen atoms in total. The smallest absolute Gasteiger partial charge is 0.306 e. The number of allylic oxidation sites excluding steroid dienone is 24. The van der Waals surface area contributed by atoms with Crippen molar-refractivity contribution in [3.63, 3.8) is 0 Å². The van der Waals surface area contributed by atoms with Gasteiger partial charge in [0.2, 0.25) is 0 Å². The molecular formula is C75H122O6. The van der Waals surface area contributed by atoms with Crippen molar-refractivity contribution < 1.29 is 28.6 Å². The first-order valence-electron chi connectivity index (χ1n) is 33.3. The Labute approximate surface area is 499 Å². The fourth-order valence-corrected chi connectivity index (χ4v) is 8.92. The van der Waals surface area contributed by atoms with Crippen LogP contribution in [0, 0.1) is 0 Å². The first-order chi connectivity index (χ1) is 40.0. The molecule has 0 rings (SSSR count). The Bertz CT molecular complexity index is 1760. The van der Waals surface area contributed by atoms with Crippen molar-refractivity contribution in [1.82, 2.24) is 0 Å². The molecule has 1 atom stereocenters. The minimum atomic E-state index is -0.788. The highest BCUT2D eigenvalue weighted by molar-refractivity contribution is 5.71. The number of unbranched alkanes of at least 4 members (excludes halogenated alkanes) is 24. The maximum atomic E-state index is 12.9. The standard InChI is InChI=1S/C75H122O6/c1-4-7-10-13-16-18-20-22-24-26-28-30-32-33-34-35-36-37-38-39-40-41-43-44-46-48-50-52-54-56-59-62-65-68-74(77)80-71-72(70-79-73(76)67-64-61-58-15-12-9-6-3)81-75(78)69-66-63-60-57-55-53-51-49-47-45-42-31-29-27-25-23-21-19-17-14-11-8-5-2/h7-8,10-11,16-19,22-25,28-31,33-34,36-37,39-40,45,47,72H,4-6,9,12-15,20-21,26-27,32,35,38,41-44,46,48-71H2,1-3H3/b10-7-,11-8-,18-16-,19-17-,24-22-,25-23-,30-28-,31-29-,34-33-,37-36-,40-39-,47-45-. The molecule has 0 aliphatic rings. The zero-order valence-corrected chi connectivity index (χ0v) is 52.5. The molecule has 0 fully saturated rings. The van der Waals surface area contributed by atoms with Gasteiger partial charge in [0.05, 0.1) is 0 Å². The summed E-state index contributed by atoms with van der Waals surface area (Å²) in [5, 5.41) is 0. The fourth-order valence-electron chi connectivity index (χ4n) is 8.92. The third-order valence-corrected chi connectivity index (χ3v) is 13.8. The lowest BCUT2D eigenvalue weighted by Gasteiger charge is -2.18. The number of ether oxygens (including phenoxy) is 3. The van der Waals surface area contributed by atoms with Gasteiger partial charge in [-0.1, -0.05) is 295 Å². The van der Waals surface area contributed by atoms with Crippen LogP contribution in [-0.2, 0) is 28.6 Å². The van der Waals surface area contributed by atoms with Crippen molar-refractivity contribution in [2.45, 2.75) is 297 Å². The molecule has 0 saturated heterocycles. The van der Waals surface area contributed by atoms with E-state index >= 15 is 0 Å². The molecule has 0 radical (unpaired) electrons. The molecule has 0 aromatic carbocycles. The number of carbonyl (C=O) groups excluding carboxylic acids is 3. The Hall–Kier alpha value is -4.71. The zero-order valence-electron chi connectivity index (χ0n) is 52.5. The van der Waals surface area contributed by atoms with Crippen molar-refractivity contribution in [2.75, 3.05) is 13.2 Å². The molecule has 0 aliphatic heterocycles. The predicted octanol–water partition coefficient (Wildman–Crippen LogP) is 23.1. The van der Waals surface area contributed by atoms with Crippen LogP contribution in [-0.4, -0.2) is 37.2 Å². The molecule has 458 valence electrons. The molecule has 0 aromatic rings. The summed E-state index contributed by atoms with van der Waals surface area (Å²) in [6, 6.07) is 0. The van der Waals surface area contributed by atoms with E-state index in [0.717, 1.165) is 141 Å². The Morgan fingerprint density at radius 2 is 0.481 bits per heavy atom. The summed E-state index contributed by atoms with van der Waals surface area (Å²) in [6.07, 6.45) is 97.4. The highest BCUT2D eigenvalue weighted by Gasteiger charge is 2.19. The van der Waals surface area contributed by atoms with Crippen LogP contribution < -0.4 is 0 Å². The summed E-state index contributed by atoms with van der Waals surface area (Å²) in [5.41, 5.74) is 0. The monoisotopic (exact) mass is 1120 g/mol. The molecule has 1 unspecified atom stereocenters. The normalized spacial score (nSPS) is 13.1. The van der Waals surface area contributed by atoms with Crippen LogP contribution >= 0.6 is 0 Å². The number of hydrogen-bond acceptors (Lipinski definition) is 6. The van der Waals surface area contributed by atoms with Crippen molar-refractivity contribution in [3.05, 3.63) is 146 Å². The minimum Gasteiger partial charge on any atom is -0.462 e. The van der Waals surface area contributed by atoms with Gasteiger partial charge in [0, 0.05) is 19.3 Å². The van der Waals surface area contributed by atoms with E-state index in [-0.39, 0.29) is 31.1 Å². The van der Waals surface area contributed by atoms with E-state index in [2.05, 4.69) is 167 Å². The zero-order chi connectivity index (χ0) is 58.5. The number of rotatable bonds is 59. The first kappa shape index (κ1) is 76.3. The number of hydrogen-bond donors (Lipinski definition) is 0. The van der Waals surface area contributed by atoms with E-state index in [1.165, 1.54) is 109 Å². The molecule has 0 aromatic heterocycles. The summed E-state index contributed by atoms with van der Waals surface area (Å²) < 4.78 is 16.8. The molecule has 0 N–H and O–H groups in total. The topological polar surface area (TPSA) is 78.9 Å². The van der Waals surface area contributed by atoms with Gasteiger partial charge in [-0.15, -0.1) is 0 Å². The third-order valence-electron chi connectivity index (χ3n) is 13.8. The molecular weight excluding hydrogens is 997 g/mol. The summed E-state index contributed by atoms with van der Waals surface area (Å²) in [5.74, 6) is -0.905. The quantitative estimate of drug-likeness (QED) is 0.0261. The average molecular weight is 1120 g/mol. The summed E-state index contributed by atoms with van der Waals surface area (Å²) in [7, 11) is 0. The van der Waals surface area contributed by atoms with Crippen molar-refractivity contribution in [3.8, 4) is 0 Å². The van der Waals surface area contributed by atoms with Gasteiger partial charge < -0.3 is 14.2 Å². The molecule has 0 bridgehead atoms. The van der Waals surface area contributed by atoms with E-state index < -0.39 is 6.10 Å². The van der Waals surface area contributed by atoms with Crippen LogP contribution in [0.4, 0.5) is 0 Å². The van der Waals surface area contributed by atoms with Gasteiger partial charge in [-0.05, 0) is 122 Å². The van der Waals surface area contributed by atoms with Gasteiger partial charge >= 0.3 is 17.9 Å². The maximum Gasteiger partial charge on any atom is 0.306 e. The largest absolute Gasteiger partial charge is 0.462 e. The van der Waals surface area contributed by atoms with E-state index in [4.69, 9.17) is 14.2 Å². The van der Waals surface area contributed by atoms with E-state index in [1.54, 1.807) is 0 Å². The maximum absolute atomic E-state index is 12.9. The Kier molecular flexibility index (Phi) is 63.9. The molecule has 6 heteroatoms. The second-order valence-electron chi connectivity index (χ2n) is 21.6. The average Bonchev–Trinajstić information content (AvgIpc) is 3.47.